The van der Waals surface area contributed by atoms with Crippen LogP contribution in [0.15, 0.2) is 35.2 Å². The standard InChI is InChI=1S/C19H20F3N3O3S/c20-14-8-13(9-15(21)18(14)22)25-19(26)11-4-5-16(17(7-11)29(27)28)24-10-12-3-1-2-6-23-12/h4-5,7-9,12,23-24H,1-3,6,10H2,(H,25,26)(H,27,28). The van der Waals surface area contributed by atoms with Crippen LogP contribution in [0, 0.1) is 17.5 Å². The molecule has 10 heteroatoms. The van der Waals surface area contributed by atoms with Crippen LogP contribution < -0.4 is 16.0 Å². The number of hydrogen-bond acceptors (Lipinski definition) is 4. The number of halogens is 3. The number of hydrogen-bond donors (Lipinski definition) is 4. The van der Waals surface area contributed by atoms with Crippen LogP contribution in [0.2, 0.25) is 0 Å². The van der Waals surface area contributed by atoms with Gasteiger partial charge in [-0.25, -0.2) is 17.4 Å². The van der Waals surface area contributed by atoms with Gasteiger partial charge in [0, 0.05) is 36.0 Å². The zero-order valence-corrected chi connectivity index (χ0v) is 16.1. The number of anilines is 2. The molecule has 0 aliphatic carbocycles. The minimum Gasteiger partial charge on any atom is -0.382 e. The van der Waals surface area contributed by atoms with Crippen molar-refractivity contribution in [2.75, 3.05) is 23.7 Å². The van der Waals surface area contributed by atoms with Crippen LogP contribution in [-0.4, -0.2) is 33.8 Å². The minimum absolute atomic E-state index is 0.00456. The third-order valence-corrected chi connectivity index (χ3v) is 5.34. The van der Waals surface area contributed by atoms with Crippen molar-refractivity contribution in [3.05, 3.63) is 53.3 Å². The number of carbonyl (C=O) groups is 1. The number of amides is 1. The van der Waals surface area contributed by atoms with Crippen LogP contribution >= 0.6 is 0 Å². The van der Waals surface area contributed by atoms with Crippen LogP contribution in [-0.2, 0) is 11.1 Å². The minimum atomic E-state index is -2.36. The molecule has 2 aromatic carbocycles. The van der Waals surface area contributed by atoms with E-state index in [1.165, 1.54) is 18.2 Å². The maximum Gasteiger partial charge on any atom is 0.255 e. The lowest BCUT2D eigenvalue weighted by Crippen LogP contribution is -2.39. The maximum absolute atomic E-state index is 13.3. The Morgan fingerprint density at radius 3 is 2.52 bits per heavy atom. The lowest BCUT2D eigenvalue weighted by atomic mass is 10.1. The number of carbonyl (C=O) groups excluding carboxylic acids is 1. The van der Waals surface area contributed by atoms with Gasteiger partial charge in [-0.05, 0) is 37.6 Å². The summed E-state index contributed by atoms with van der Waals surface area (Å²) < 4.78 is 60.9. The Morgan fingerprint density at radius 1 is 1.17 bits per heavy atom. The Labute approximate surface area is 168 Å². The third-order valence-electron chi connectivity index (χ3n) is 4.62. The first kappa shape index (κ1) is 21.3. The van der Waals surface area contributed by atoms with Crippen molar-refractivity contribution in [1.29, 1.82) is 0 Å². The van der Waals surface area contributed by atoms with E-state index in [4.69, 9.17) is 0 Å². The molecule has 0 aromatic heterocycles. The van der Waals surface area contributed by atoms with Crippen molar-refractivity contribution < 1.29 is 26.7 Å². The normalized spacial score (nSPS) is 17.6. The monoisotopic (exact) mass is 427 g/mol. The van der Waals surface area contributed by atoms with Gasteiger partial charge in [-0.15, -0.1) is 0 Å². The van der Waals surface area contributed by atoms with Crippen LogP contribution in [0.1, 0.15) is 29.6 Å². The van der Waals surface area contributed by atoms with Gasteiger partial charge in [-0.3, -0.25) is 4.79 Å². The molecule has 1 amide bonds. The zero-order chi connectivity index (χ0) is 21.0. The second-order valence-corrected chi connectivity index (χ2v) is 7.63. The van der Waals surface area contributed by atoms with Crippen molar-refractivity contribution in [1.82, 2.24) is 5.32 Å². The number of benzene rings is 2. The highest BCUT2D eigenvalue weighted by Crippen LogP contribution is 2.23. The molecule has 2 atom stereocenters. The van der Waals surface area contributed by atoms with E-state index in [0.717, 1.165) is 25.8 Å². The number of rotatable bonds is 6. The Bertz CT molecular complexity index is 913. The van der Waals surface area contributed by atoms with E-state index in [1.54, 1.807) is 0 Å². The molecular formula is C19H20F3N3O3S. The summed E-state index contributed by atoms with van der Waals surface area (Å²) in [5.41, 5.74) is 0.145. The Balaban J connectivity index is 1.74. The highest BCUT2D eigenvalue weighted by molar-refractivity contribution is 7.79. The lowest BCUT2D eigenvalue weighted by molar-refractivity contribution is 0.102. The van der Waals surface area contributed by atoms with E-state index >= 15 is 0 Å². The van der Waals surface area contributed by atoms with E-state index in [0.29, 0.717) is 24.4 Å². The van der Waals surface area contributed by atoms with Crippen molar-refractivity contribution in [3.63, 3.8) is 0 Å². The van der Waals surface area contributed by atoms with Gasteiger partial charge in [0.05, 0.1) is 10.6 Å². The summed E-state index contributed by atoms with van der Waals surface area (Å²) >= 11 is -2.36. The van der Waals surface area contributed by atoms with Gasteiger partial charge in [0.1, 0.15) is 0 Å². The number of nitrogens with one attached hydrogen (secondary N) is 3. The van der Waals surface area contributed by atoms with E-state index < -0.39 is 34.4 Å². The molecule has 1 fully saturated rings. The van der Waals surface area contributed by atoms with Crippen LogP contribution in [0.4, 0.5) is 24.5 Å². The van der Waals surface area contributed by atoms with E-state index in [-0.39, 0.29) is 22.2 Å². The Kier molecular flexibility index (Phi) is 6.88. The molecule has 4 N–H and O–H groups in total. The van der Waals surface area contributed by atoms with Gasteiger partial charge in [-0.2, -0.15) is 0 Å². The molecule has 29 heavy (non-hydrogen) atoms. The third kappa shape index (κ3) is 5.34. The quantitative estimate of drug-likeness (QED) is 0.419. The predicted octanol–water partition coefficient (Wildman–Crippen LogP) is 3.49. The molecule has 156 valence electrons. The lowest BCUT2D eigenvalue weighted by Gasteiger charge is -2.24. The molecule has 0 saturated carbocycles. The predicted molar refractivity (Wildman–Crippen MR) is 104 cm³/mol. The largest absolute Gasteiger partial charge is 0.382 e. The van der Waals surface area contributed by atoms with Gasteiger partial charge in [-0.1, -0.05) is 6.42 Å². The van der Waals surface area contributed by atoms with Crippen LogP contribution in [0.5, 0.6) is 0 Å². The molecule has 0 bridgehead atoms. The molecule has 0 spiro atoms. The summed E-state index contributed by atoms with van der Waals surface area (Å²) in [5.74, 6) is -5.27. The smallest absolute Gasteiger partial charge is 0.255 e. The molecule has 6 nitrogen and oxygen atoms in total. The molecular weight excluding hydrogens is 407 g/mol. The molecule has 2 unspecified atom stereocenters. The fourth-order valence-electron chi connectivity index (χ4n) is 3.12. The molecule has 0 radical (unpaired) electrons. The van der Waals surface area contributed by atoms with Crippen molar-refractivity contribution in [2.24, 2.45) is 0 Å². The first-order chi connectivity index (χ1) is 13.8. The fourth-order valence-corrected chi connectivity index (χ4v) is 3.67. The molecule has 2 aromatic rings. The second kappa shape index (κ2) is 9.38. The average molecular weight is 427 g/mol. The first-order valence-electron chi connectivity index (χ1n) is 9.03. The summed E-state index contributed by atoms with van der Waals surface area (Å²) in [4.78, 5) is 12.4. The average Bonchev–Trinajstić information content (AvgIpc) is 2.71. The first-order valence-corrected chi connectivity index (χ1v) is 10.1. The summed E-state index contributed by atoms with van der Waals surface area (Å²) in [6.07, 6.45) is 3.23. The van der Waals surface area contributed by atoms with E-state index in [2.05, 4.69) is 16.0 Å². The molecule has 1 heterocycles. The van der Waals surface area contributed by atoms with Crippen molar-refractivity contribution >= 4 is 28.4 Å². The van der Waals surface area contributed by atoms with Crippen LogP contribution in [0.3, 0.4) is 0 Å². The highest BCUT2D eigenvalue weighted by Gasteiger charge is 2.17. The van der Waals surface area contributed by atoms with E-state index in [9.17, 15) is 26.7 Å². The van der Waals surface area contributed by atoms with Gasteiger partial charge in [0.2, 0.25) is 0 Å². The molecule has 3 rings (SSSR count). The van der Waals surface area contributed by atoms with Gasteiger partial charge >= 0.3 is 0 Å². The Morgan fingerprint density at radius 2 is 1.90 bits per heavy atom. The van der Waals surface area contributed by atoms with Gasteiger partial charge in [0.25, 0.3) is 5.91 Å². The maximum atomic E-state index is 13.3. The van der Waals surface area contributed by atoms with E-state index in [1.807, 2.05) is 0 Å². The summed E-state index contributed by atoms with van der Waals surface area (Å²) in [7, 11) is 0. The zero-order valence-electron chi connectivity index (χ0n) is 15.3. The van der Waals surface area contributed by atoms with Crippen LogP contribution in [0.25, 0.3) is 0 Å². The molecule has 1 aliphatic heterocycles. The fraction of sp³-hybridized carbons (Fsp3) is 0.316. The summed E-state index contributed by atoms with van der Waals surface area (Å²) in [6.45, 7) is 1.48. The van der Waals surface area contributed by atoms with Gasteiger partial charge in [0.15, 0.2) is 28.5 Å². The van der Waals surface area contributed by atoms with Crippen molar-refractivity contribution in [3.8, 4) is 0 Å². The molecule has 1 aliphatic rings. The SMILES string of the molecule is O=C(Nc1cc(F)c(F)c(F)c1)c1ccc(NCC2CCCCN2)c(S(=O)O)c1. The topological polar surface area (TPSA) is 90.5 Å². The second-order valence-electron chi connectivity index (χ2n) is 6.70. The van der Waals surface area contributed by atoms with Crippen molar-refractivity contribution in [2.45, 2.75) is 30.2 Å². The summed E-state index contributed by atoms with van der Waals surface area (Å²) in [5, 5.41) is 8.71. The molecule has 1 saturated heterocycles. The Hall–Kier alpha value is -2.43. The number of piperidine rings is 1. The highest BCUT2D eigenvalue weighted by atomic mass is 32.2. The van der Waals surface area contributed by atoms with Gasteiger partial charge < -0.3 is 20.5 Å². The summed E-state index contributed by atoms with van der Waals surface area (Å²) in [6, 6.07) is 5.67.